The van der Waals surface area contributed by atoms with Crippen LogP contribution in [-0.4, -0.2) is 41.3 Å². The third-order valence-electron chi connectivity index (χ3n) is 2.62. The van der Waals surface area contributed by atoms with Crippen LogP contribution in [0.1, 0.15) is 5.89 Å². The lowest BCUT2D eigenvalue weighted by Crippen LogP contribution is -2.21. The first-order valence-electron chi connectivity index (χ1n) is 5.92. The van der Waals surface area contributed by atoms with Crippen molar-refractivity contribution in [1.29, 1.82) is 0 Å². The van der Waals surface area contributed by atoms with E-state index in [4.69, 9.17) is 9.15 Å². The van der Waals surface area contributed by atoms with Crippen LogP contribution in [0.15, 0.2) is 23.1 Å². The Morgan fingerprint density at radius 1 is 1.39 bits per heavy atom. The van der Waals surface area contributed by atoms with E-state index in [1.165, 1.54) is 0 Å². The highest BCUT2D eigenvalue weighted by molar-refractivity contribution is 5.49. The zero-order valence-corrected chi connectivity index (χ0v) is 10.7. The lowest BCUT2D eigenvalue weighted by molar-refractivity contribution is 0.199. The third-order valence-corrected chi connectivity index (χ3v) is 2.62. The highest BCUT2D eigenvalue weighted by Crippen LogP contribution is 2.18. The second-order valence-electron chi connectivity index (χ2n) is 4.00. The first-order chi connectivity index (χ1) is 8.81. The molecule has 2 aromatic heterocycles. The molecule has 2 rings (SSSR count). The van der Waals surface area contributed by atoms with E-state index in [9.17, 15) is 0 Å². The minimum absolute atomic E-state index is 0.714. The summed E-state index contributed by atoms with van der Waals surface area (Å²) >= 11 is 0. The second-order valence-corrected chi connectivity index (χ2v) is 4.00. The van der Waals surface area contributed by atoms with Gasteiger partial charge in [0.25, 0.3) is 0 Å². The predicted molar refractivity (Wildman–Crippen MR) is 67.2 cm³/mol. The van der Waals surface area contributed by atoms with E-state index in [-0.39, 0.29) is 0 Å². The number of rotatable bonds is 7. The van der Waals surface area contributed by atoms with Gasteiger partial charge in [-0.25, -0.2) is 9.97 Å². The van der Waals surface area contributed by atoms with Crippen LogP contribution in [0.2, 0.25) is 0 Å². The van der Waals surface area contributed by atoms with Gasteiger partial charge in [-0.2, -0.15) is 0 Å². The van der Waals surface area contributed by atoms with E-state index < -0.39 is 0 Å². The van der Waals surface area contributed by atoms with Gasteiger partial charge in [0, 0.05) is 33.7 Å². The zero-order valence-electron chi connectivity index (χ0n) is 10.7. The summed E-state index contributed by atoms with van der Waals surface area (Å²) in [5.74, 6) is 1.48. The smallest absolute Gasteiger partial charge is 0.196 e. The fourth-order valence-electron chi connectivity index (χ4n) is 1.63. The molecule has 0 saturated carbocycles. The molecule has 0 saturated heterocycles. The predicted octanol–water partition coefficient (Wildman–Crippen LogP) is 0.854. The summed E-state index contributed by atoms with van der Waals surface area (Å²) in [6, 6.07) is 0. The van der Waals surface area contributed by atoms with Gasteiger partial charge in [-0.1, -0.05) is 0 Å². The third kappa shape index (κ3) is 3.18. The normalized spacial score (nSPS) is 11.0. The Morgan fingerprint density at radius 3 is 3.00 bits per heavy atom. The van der Waals surface area contributed by atoms with Gasteiger partial charge in [-0.05, 0) is 0 Å². The molecule has 0 fully saturated rings. The number of oxazole rings is 1. The van der Waals surface area contributed by atoms with Crippen LogP contribution < -0.4 is 5.32 Å². The van der Waals surface area contributed by atoms with Crippen LogP contribution in [-0.2, 0) is 18.2 Å². The van der Waals surface area contributed by atoms with E-state index in [0.717, 1.165) is 36.9 Å². The molecule has 1 N–H and O–H groups in total. The zero-order chi connectivity index (χ0) is 12.8. The molecule has 0 radical (unpaired) electrons. The Hall–Kier alpha value is -1.66. The van der Waals surface area contributed by atoms with Crippen molar-refractivity contribution >= 4 is 0 Å². The summed E-state index contributed by atoms with van der Waals surface area (Å²) < 4.78 is 12.5. The molecule has 6 nitrogen and oxygen atoms in total. The van der Waals surface area contributed by atoms with Gasteiger partial charge in [-0.3, -0.25) is 0 Å². The van der Waals surface area contributed by atoms with Gasteiger partial charge in [0.2, 0.25) is 0 Å². The number of imidazole rings is 1. The Morgan fingerprint density at radius 2 is 2.28 bits per heavy atom. The summed E-state index contributed by atoms with van der Waals surface area (Å²) in [4.78, 5) is 8.30. The number of hydrogen-bond acceptors (Lipinski definition) is 5. The van der Waals surface area contributed by atoms with Gasteiger partial charge in [-0.15, -0.1) is 0 Å². The largest absolute Gasteiger partial charge is 0.439 e. The number of aryl methyl sites for hydroxylation is 1. The average Bonchev–Trinajstić information content (AvgIpc) is 2.97. The summed E-state index contributed by atoms with van der Waals surface area (Å²) in [6.45, 7) is 2.38. The maximum atomic E-state index is 5.67. The van der Waals surface area contributed by atoms with Crippen molar-refractivity contribution in [1.82, 2.24) is 19.9 Å². The standard InChI is InChI=1S/C12H18N4O2/c1-16-9-14-7-10(16)11-8-15-12(18-11)3-4-13-5-6-17-2/h7-9,13H,3-6H2,1-2H3. The van der Waals surface area contributed by atoms with Crippen molar-refractivity contribution in [2.45, 2.75) is 6.42 Å². The van der Waals surface area contributed by atoms with Crippen molar-refractivity contribution in [2.24, 2.45) is 7.05 Å². The first-order valence-corrected chi connectivity index (χ1v) is 5.92. The summed E-state index contributed by atoms with van der Waals surface area (Å²) in [6.07, 6.45) is 6.01. The number of ether oxygens (including phenoxy) is 1. The molecular formula is C12H18N4O2. The Labute approximate surface area is 106 Å². The van der Waals surface area contributed by atoms with Crippen LogP contribution in [0, 0.1) is 0 Å². The monoisotopic (exact) mass is 250 g/mol. The maximum absolute atomic E-state index is 5.67. The maximum Gasteiger partial charge on any atom is 0.196 e. The molecule has 2 aromatic rings. The average molecular weight is 250 g/mol. The molecule has 0 aliphatic carbocycles. The molecule has 0 atom stereocenters. The van der Waals surface area contributed by atoms with Gasteiger partial charge in [0.1, 0.15) is 5.69 Å². The lowest BCUT2D eigenvalue weighted by atomic mass is 10.4. The highest BCUT2D eigenvalue weighted by atomic mass is 16.5. The van der Waals surface area contributed by atoms with Gasteiger partial charge in [0.05, 0.1) is 25.3 Å². The molecule has 0 aliphatic rings. The molecule has 0 bridgehead atoms. The molecule has 0 aliphatic heterocycles. The summed E-state index contributed by atoms with van der Waals surface area (Å²) in [5, 5.41) is 3.25. The fourth-order valence-corrected chi connectivity index (χ4v) is 1.63. The van der Waals surface area contributed by atoms with E-state index in [0.29, 0.717) is 6.61 Å². The molecule has 6 heteroatoms. The number of aromatic nitrogens is 3. The second kappa shape index (κ2) is 6.32. The first kappa shape index (κ1) is 12.8. The Balaban J connectivity index is 1.85. The van der Waals surface area contributed by atoms with E-state index in [1.807, 2.05) is 11.6 Å². The fraction of sp³-hybridized carbons (Fsp3) is 0.500. The Bertz CT molecular complexity index is 478. The summed E-state index contributed by atoms with van der Waals surface area (Å²) in [7, 11) is 3.62. The molecular weight excluding hydrogens is 232 g/mol. The quantitative estimate of drug-likeness (QED) is 0.738. The van der Waals surface area contributed by atoms with E-state index in [1.54, 1.807) is 25.8 Å². The topological polar surface area (TPSA) is 65.1 Å². The van der Waals surface area contributed by atoms with Crippen LogP contribution in [0.5, 0.6) is 0 Å². The molecule has 18 heavy (non-hydrogen) atoms. The lowest BCUT2D eigenvalue weighted by Gasteiger charge is -2.01. The molecule has 0 unspecified atom stereocenters. The van der Waals surface area contributed by atoms with Gasteiger partial charge < -0.3 is 19.0 Å². The molecule has 0 amide bonds. The van der Waals surface area contributed by atoms with Crippen LogP contribution in [0.3, 0.4) is 0 Å². The van der Waals surface area contributed by atoms with Crippen LogP contribution in [0.25, 0.3) is 11.5 Å². The minimum Gasteiger partial charge on any atom is -0.439 e. The van der Waals surface area contributed by atoms with Crippen molar-refractivity contribution in [3.05, 3.63) is 24.6 Å². The van der Waals surface area contributed by atoms with Crippen molar-refractivity contribution in [3.63, 3.8) is 0 Å². The van der Waals surface area contributed by atoms with Crippen LogP contribution in [0.4, 0.5) is 0 Å². The van der Waals surface area contributed by atoms with Crippen molar-refractivity contribution in [2.75, 3.05) is 26.8 Å². The molecule has 0 aromatic carbocycles. The number of methoxy groups -OCH3 is 1. The highest BCUT2D eigenvalue weighted by Gasteiger charge is 2.08. The van der Waals surface area contributed by atoms with Crippen molar-refractivity contribution in [3.8, 4) is 11.5 Å². The van der Waals surface area contributed by atoms with Gasteiger partial charge in [0.15, 0.2) is 11.7 Å². The van der Waals surface area contributed by atoms with Crippen molar-refractivity contribution < 1.29 is 9.15 Å². The van der Waals surface area contributed by atoms with E-state index >= 15 is 0 Å². The van der Waals surface area contributed by atoms with Gasteiger partial charge >= 0.3 is 0 Å². The molecule has 98 valence electrons. The van der Waals surface area contributed by atoms with Crippen LogP contribution >= 0.6 is 0 Å². The minimum atomic E-state index is 0.714. The molecule has 0 spiro atoms. The number of nitrogens with zero attached hydrogens (tertiary/aromatic N) is 3. The number of hydrogen-bond donors (Lipinski definition) is 1. The SMILES string of the molecule is COCCNCCc1ncc(-c2cncn2C)o1. The molecule has 2 heterocycles. The van der Waals surface area contributed by atoms with E-state index in [2.05, 4.69) is 15.3 Å². The Kier molecular flexibility index (Phi) is 4.49. The number of nitrogens with one attached hydrogen (secondary N) is 1. The summed E-state index contributed by atoms with van der Waals surface area (Å²) in [5.41, 5.74) is 0.932.